The number of hydrogen-bond donors (Lipinski definition) is 1. The van der Waals surface area contributed by atoms with E-state index in [1.165, 1.54) is 4.31 Å². The maximum atomic E-state index is 13.3. The molecular weight excluding hydrogens is 400 g/mol. The van der Waals surface area contributed by atoms with Crippen LogP contribution in [0.4, 0.5) is 0 Å². The lowest BCUT2D eigenvalue weighted by Gasteiger charge is -2.40. The standard InChI is InChI=1S/C23H26N2O4S/c1-15(2)14-25-21(23(26)19-6-4-5-7-22(19)30(25,27)28)13-17-9-8-16-12-18(29-3)10-11-20(16)24-17/h4-12,15,21,23,26H,13-14H2,1-3H3/t21-,23+/m1/s1. The van der Waals surface area contributed by atoms with E-state index < -0.39 is 22.2 Å². The molecule has 30 heavy (non-hydrogen) atoms. The highest BCUT2D eigenvalue weighted by atomic mass is 32.2. The maximum absolute atomic E-state index is 13.3. The third kappa shape index (κ3) is 3.69. The molecule has 1 aromatic heterocycles. The second-order valence-corrected chi connectivity index (χ2v) is 9.94. The van der Waals surface area contributed by atoms with Crippen LogP contribution in [0.15, 0.2) is 59.5 Å². The Balaban J connectivity index is 1.75. The van der Waals surface area contributed by atoms with Gasteiger partial charge in [-0.1, -0.05) is 38.1 Å². The molecular formula is C23H26N2O4S. The third-order valence-corrected chi connectivity index (χ3v) is 7.44. The number of aliphatic hydroxyl groups excluding tert-OH is 1. The van der Waals surface area contributed by atoms with Gasteiger partial charge in [0.2, 0.25) is 10.0 Å². The first-order valence-corrected chi connectivity index (χ1v) is 11.5. The molecule has 2 heterocycles. The number of aliphatic hydroxyl groups is 1. The fraction of sp³-hybridized carbons (Fsp3) is 0.348. The van der Waals surface area contributed by atoms with Crippen molar-refractivity contribution in [2.45, 2.75) is 37.3 Å². The first-order chi connectivity index (χ1) is 14.3. The second kappa shape index (κ2) is 7.98. The van der Waals surface area contributed by atoms with Gasteiger partial charge in [0.25, 0.3) is 0 Å². The number of aromatic nitrogens is 1. The SMILES string of the molecule is COc1ccc2nc(C[C@@H]3[C@@H](O)c4ccccc4S(=O)(=O)N3CC(C)C)ccc2c1. The monoisotopic (exact) mass is 426 g/mol. The van der Waals surface area contributed by atoms with E-state index in [1.807, 2.05) is 44.2 Å². The molecule has 6 nitrogen and oxygen atoms in total. The van der Waals surface area contributed by atoms with Crippen LogP contribution in [0, 0.1) is 5.92 Å². The van der Waals surface area contributed by atoms with Gasteiger partial charge in [-0.05, 0) is 36.2 Å². The van der Waals surface area contributed by atoms with Crippen LogP contribution in [0.3, 0.4) is 0 Å². The average molecular weight is 427 g/mol. The van der Waals surface area contributed by atoms with Gasteiger partial charge in [-0.15, -0.1) is 0 Å². The molecule has 0 spiro atoms. The largest absolute Gasteiger partial charge is 0.497 e. The van der Waals surface area contributed by atoms with E-state index in [4.69, 9.17) is 9.72 Å². The molecule has 0 bridgehead atoms. The molecule has 2 atom stereocenters. The van der Waals surface area contributed by atoms with Crippen LogP contribution in [-0.2, 0) is 16.4 Å². The van der Waals surface area contributed by atoms with E-state index in [1.54, 1.807) is 31.4 Å². The number of benzene rings is 2. The van der Waals surface area contributed by atoms with Crippen molar-refractivity contribution in [1.29, 1.82) is 0 Å². The Morgan fingerprint density at radius 1 is 1.13 bits per heavy atom. The number of ether oxygens (including phenoxy) is 1. The molecule has 0 amide bonds. The second-order valence-electron chi connectivity index (χ2n) is 8.08. The highest BCUT2D eigenvalue weighted by Gasteiger charge is 2.43. The number of rotatable bonds is 5. The lowest BCUT2D eigenvalue weighted by atomic mass is 9.96. The summed E-state index contributed by atoms with van der Waals surface area (Å²) in [5.74, 6) is 0.877. The summed E-state index contributed by atoms with van der Waals surface area (Å²) < 4.78 is 33.4. The third-order valence-electron chi connectivity index (χ3n) is 5.48. The Morgan fingerprint density at radius 3 is 2.63 bits per heavy atom. The summed E-state index contributed by atoms with van der Waals surface area (Å²) in [6, 6.07) is 15.6. The lowest BCUT2D eigenvalue weighted by Crippen LogP contribution is -2.50. The summed E-state index contributed by atoms with van der Waals surface area (Å²) >= 11 is 0. The summed E-state index contributed by atoms with van der Waals surface area (Å²) in [7, 11) is -2.08. The van der Waals surface area contributed by atoms with Gasteiger partial charge in [0, 0.05) is 29.6 Å². The van der Waals surface area contributed by atoms with Gasteiger partial charge >= 0.3 is 0 Å². The summed E-state index contributed by atoms with van der Waals surface area (Å²) in [4.78, 5) is 4.90. The van der Waals surface area contributed by atoms with Gasteiger partial charge in [-0.3, -0.25) is 4.98 Å². The van der Waals surface area contributed by atoms with Crippen LogP contribution in [0.2, 0.25) is 0 Å². The van der Waals surface area contributed by atoms with Gasteiger partial charge in [-0.2, -0.15) is 4.31 Å². The molecule has 1 N–H and O–H groups in total. The van der Waals surface area contributed by atoms with Crippen LogP contribution in [0.25, 0.3) is 10.9 Å². The number of methoxy groups -OCH3 is 1. The van der Waals surface area contributed by atoms with E-state index in [-0.39, 0.29) is 10.8 Å². The van der Waals surface area contributed by atoms with E-state index in [0.717, 1.165) is 22.3 Å². The average Bonchev–Trinajstić information content (AvgIpc) is 2.74. The molecule has 2 aromatic carbocycles. The molecule has 0 saturated carbocycles. The van der Waals surface area contributed by atoms with E-state index in [0.29, 0.717) is 18.5 Å². The van der Waals surface area contributed by atoms with E-state index in [2.05, 4.69) is 0 Å². The molecule has 0 radical (unpaired) electrons. The maximum Gasteiger partial charge on any atom is 0.243 e. The number of hydrogen-bond acceptors (Lipinski definition) is 5. The fourth-order valence-corrected chi connectivity index (χ4v) is 6.07. The van der Waals surface area contributed by atoms with Crippen LogP contribution in [0.1, 0.15) is 31.2 Å². The zero-order valence-corrected chi connectivity index (χ0v) is 18.1. The quantitative estimate of drug-likeness (QED) is 0.675. The van der Waals surface area contributed by atoms with Crippen molar-refractivity contribution in [3.05, 3.63) is 65.9 Å². The highest BCUT2D eigenvalue weighted by Crippen LogP contribution is 2.38. The zero-order chi connectivity index (χ0) is 21.5. The molecule has 1 aliphatic rings. The molecule has 7 heteroatoms. The van der Waals surface area contributed by atoms with Crippen molar-refractivity contribution in [3.8, 4) is 5.75 Å². The Labute approximate surface area is 177 Å². The van der Waals surface area contributed by atoms with Crippen molar-refractivity contribution in [3.63, 3.8) is 0 Å². The van der Waals surface area contributed by atoms with Crippen molar-refractivity contribution in [2.24, 2.45) is 5.92 Å². The van der Waals surface area contributed by atoms with Crippen LogP contribution >= 0.6 is 0 Å². The van der Waals surface area contributed by atoms with Crippen molar-refractivity contribution < 1.29 is 18.3 Å². The Hall–Kier alpha value is -2.48. The Morgan fingerprint density at radius 2 is 1.90 bits per heavy atom. The molecule has 1 aliphatic heterocycles. The predicted octanol–water partition coefficient (Wildman–Crippen LogP) is 3.55. The molecule has 3 aromatic rings. The summed E-state index contributed by atoms with van der Waals surface area (Å²) in [6.07, 6.45) is -0.597. The van der Waals surface area contributed by atoms with Crippen LogP contribution < -0.4 is 4.74 Å². The summed E-state index contributed by atoms with van der Waals surface area (Å²) in [6.45, 7) is 4.28. The minimum atomic E-state index is -3.70. The minimum absolute atomic E-state index is 0.122. The Kier molecular flexibility index (Phi) is 5.53. The summed E-state index contributed by atoms with van der Waals surface area (Å²) in [5, 5.41) is 12.1. The molecule has 0 aliphatic carbocycles. The topological polar surface area (TPSA) is 79.7 Å². The van der Waals surface area contributed by atoms with Gasteiger partial charge in [0.05, 0.1) is 29.7 Å². The fourth-order valence-electron chi connectivity index (χ4n) is 4.04. The van der Waals surface area contributed by atoms with Crippen molar-refractivity contribution in [2.75, 3.05) is 13.7 Å². The number of pyridine rings is 1. The molecule has 4 rings (SSSR count). The summed E-state index contributed by atoms with van der Waals surface area (Å²) in [5.41, 5.74) is 1.99. The van der Waals surface area contributed by atoms with Gasteiger partial charge in [-0.25, -0.2) is 8.42 Å². The number of fused-ring (bicyclic) bond motifs is 2. The lowest BCUT2D eigenvalue weighted by molar-refractivity contribution is 0.0749. The van der Waals surface area contributed by atoms with E-state index >= 15 is 0 Å². The van der Waals surface area contributed by atoms with Crippen molar-refractivity contribution in [1.82, 2.24) is 9.29 Å². The predicted molar refractivity (Wildman–Crippen MR) is 116 cm³/mol. The first kappa shape index (κ1) is 20.8. The van der Waals surface area contributed by atoms with Gasteiger partial charge < -0.3 is 9.84 Å². The molecule has 158 valence electrons. The highest BCUT2D eigenvalue weighted by molar-refractivity contribution is 7.89. The molecule has 0 fully saturated rings. The molecule has 0 saturated heterocycles. The smallest absolute Gasteiger partial charge is 0.243 e. The molecule has 0 unspecified atom stereocenters. The normalized spacial score (nSPS) is 21.0. The number of nitrogens with zero attached hydrogens (tertiary/aromatic N) is 2. The number of sulfonamides is 1. The zero-order valence-electron chi connectivity index (χ0n) is 17.3. The minimum Gasteiger partial charge on any atom is -0.497 e. The van der Waals surface area contributed by atoms with Crippen molar-refractivity contribution >= 4 is 20.9 Å². The van der Waals surface area contributed by atoms with E-state index in [9.17, 15) is 13.5 Å². The first-order valence-electron chi connectivity index (χ1n) is 10.0. The Bertz CT molecular complexity index is 1180. The van der Waals surface area contributed by atoms with Crippen LogP contribution in [0.5, 0.6) is 5.75 Å². The van der Waals surface area contributed by atoms with Gasteiger partial charge in [0.1, 0.15) is 5.75 Å². The van der Waals surface area contributed by atoms with Gasteiger partial charge in [0.15, 0.2) is 0 Å². The van der Waals surface area contributed by atoms with Crippen LogP contribution in [-0.4, -0.2) is 42.5 Å².